The Morgan fingerprint density at radius 2 is 1.76 bits per heavy atom. The summed E-state index contributed by atoms with van der Waals surface area (Å²) in [6, 6.07) is 9.82. The summed E-state index contributed by atoms with van der Waals surface area (Å²) < 4.78 is 4.24. The molecular weight excluding hydrogens is 364 g/mol. The molecule has 0 bridgehead atoms. The molecule has 154 valence electrons. The summed E-state index contributed by atoms with van der Waals surface area (Å²) in [6.45, 7) is 15.1. The van der Waals surface area contributed by atoms with E-state index in [1.165, 1.54) is 6.20 Å². The molecule has 0 radical (unpaired) electrons. The lowest BCUT2D eigenvalue weighted by Gasteiger charge is -2.19. The van der Waals surface area contributed by atoms with E-state index in [-0.39, 0.29) is 17.0 Å². The molecule has 0 unspecified atom stereocenters. The Labute approximate surface area is 172 Å². The van der Waals surface area contributed by atoms with Crippen molar-refractivity contribution in [1.82, 2.24) is 19.3 Å². The molecule has 0 atom stereocenters. The van der Waals surface area contributed by atoms with Crippen molar-refractivity contribution in [3.05, 3.63) is 53.5 Å². The highest BCUT2D eigenvalue weighted by Crippen LogP contribution is 2.32. The van der Waals surface area contributed by atoms with Crippen LogP contribution in [0.4, 0.5) is 0 Å². The van der Waals surface area contributed by atoms with Gasteiger partial charge < -0.3 is 9.67 Å². The van der Waals surface area contributed by atoms with E-state index in [0.29, 0.717) is 5.92 Å². The smallest absolute Gasteiger partial charge is 0.337 e. The van der Waals surface area contributed by atoms with E-state index in [1.807, 2.05) is 10.7 Å². The van der Waals surface area contributed by atoms with E-state index in [0.717, 1.165) is 28.6 Å². The lowest BCUT2D eigenvalue weighted by molar-refractivity contribution is 0.0696. The first kappa shape index (κ1) is 20.8. The Bertz CT molecular complexity index is 1020. The van der Waals surface area contributed by atoms with Gasteiger partial charge in [0, 0.05) is 23.3 Å². The number of hydrogen-bond donors (Lipinski definition) is 1. The average Bonchev–Trinajstić information content (AvgIpc) is 3.25. The third-order valence-electron chi connectivity index (χ3n) is 5.00. The number of nitrogens with zero attached hydrogens (tertiary/aromatic N) is 4. The summed E-state index contributed by atoms with van der Waals surface area (Å²) in [6.07, 6.45) is 1.40. The number of aromatic nitrogens is 4. The summed E-state index contributed by atoms with van der Waals surface area (Å²) in [5, 5.41) is 14.1. The minimum Gasteiger partial charge on any atom is -0.478 e. The molecule has 0 spiro atoms. The van der Waals surface area contributed by atoms with Crippen molar-refractivity contribution in [1.29, 1.82) is 0 Å². The fraction of sp³-hybridized carbons (Fsp3) is 0.435. The van der Waals surface area contributed by atoms with Crippen molar-refractivity contribution in [2.24, 2.45) is 0 Å². The average molecular weight is 395 g/mol. The first-order valence-electron chi connectivity index (χ1n) is 10.0. The van der Waals surface area contributed by atoms with Gasteiger partial charge in [-0.1, -0.05) is 34.6 Å². The summed E-state index contributed by atoms with van der Waals surface area (Å²) in [4.78, 5) is 15.5. The largest absolute Gasteiger partial charge is 0.478 e. The maximum absolute atomic E-state index is 11.1. The molecule has 3 aromatic heterocycles. The molecule has 0 aromatic carbocycles. The molecule has 6 heteroatoms. The molecule has 29 heavy (non-hydrogen) atoms. The van der Waals surface area contributed by atoms with E-state index in [9.17, 15) is 4.79 Å². The van der Waals surface area contributed by atoms with Gasteiger partial charge in [-0.2, -0.15) is 5.10 Å². The Kier molecular flexibility index (Phi) is 5.39. The predicted octanol–water partition coefficient (Wildman–Crippen LogP) is 5.44. The van der Waals surface area contributed by atoms with Gasteiger partial charge in [0.15, 0.2) is 0 Å². The van der Waals surface area contributed by atoms with Crippen molar-refractivity contribution in [3.8, 4) is 17.2 Å². The number of rotatable bonds is 5. The van der Waals surface area contributed by atoms with Gasteiger partial charge in [0.2, 0.25) is 0 Å². The summed E-state index contributed by atoms with van der Waals surface area (Å²) in [5.74, 6) is 0.334. The van der Waals surface area contributed by atoms with Gasteiger partial charge in [-0.3, -0.25) is 4.98 Å². The monoisotopic (exact) mass is 394 g/mol. The minimum atomic E-state index is -0.975. The molecule has 1 N–H and O–H groups in total. The predicted molar refractivity (Wildman–Crippen MR) is 115 cm³/mol. The number of carboxylic acid groups (broad SMARTS) is 1. The lowest BCUT2D eigenvalue weighted by atomic mass is 9.92. The molecule has 3 heterocycles. The van der Waals surface area contributed by atoms with Crippen molar-refractivity contribution in [2.45, 2.75) is 65.8 Å². The number of hydrogen-bond acceptors (Lipinski definition) is 3. The summed E-state index contributed by atoms with van der Waals surface area (Å²) in [7, 11) is 0. The number of carbonyl (C=O) groups is 1. The Hall–Kier alpha value is -2.89. The number of pyridine rings is 1. The Morgan fingerprint density at radius 3 is 2.24 bits per heavy atom. The van der Waals surface area contributed by atoms with Crippen LogP contribution in [0.25, 0.3) is 17.2 Å². The fourth-order valence-electron chi connectivity index (χ4n) is 3.39. The van der Waals surface area contributed by atoms with Gasteiger partial charge in [0.1, 0.15) is 5.82 Å². The molecule has 0 aliphatic carbocycles. The maximum Gasteiger partial charge on any atom is 0.337 e. The van der Waals surface area contributed by atoms with Crippen LogP contribution < -0.4 is 0 Å². The molecule has 0 aliphatic heterocycles. The van der Waals surface area contributed by atoms with Gasteiger partial charge in [0.25, 0.3) is 0 Å². The highest BCUT2D eigenvalue weighted by atomic mass is 16.4. The summed E-state index contributed by atoms with van der Waals surface area (Å²) >= 11 is 0. The number of aromatic carboxylic acids is 1. The van der Waals surface area contributed by atoms with E-state index < -0.39 is 5.97 Å². The second kappa shape index (κ2) is 7.50. The molecule has 6 nitrogen and oxygen atoms in total. The van der Waals surface area contributed by atoms with Crippen molar-refractivity contribution < 1.29 is 9.90 Å². The summed E-state index contributed by atoms with van der Waals surface area (Å²) in [5.41, 5.74) is 4.04. The third kappa shape index (κ3) is 3.97. The SMILES string of the molecule is CC(C)c1cc(C(C)(C)C)nn1-c1ccc(-c2ccc(C(=O)O)cn2)n1C(C)C. The maximum atomic E-state index is 11.1. The van der Waals surface area contributed by atoms with Crippen LogP contribution in [0.3, 0.4) is 0 Å². The zero-order valence-electron chi connectivity index (χ0n) is 18.3. The van der Waals surface area contributed by atoms with Crippen molar-refractivity contribution in [3.63, 3.8) is 0 Å². The second-order valence-electron chi connectivity index (χ2n) is 9.05. The van der Waals surface area contributed by atoms with E-state index in [2.05, 4.69) is 70.1 Å². The fourth-order valence-corrected chi connectivity index (χ4v) is 3.39. The Balaban J connectivity index is 2.18. The third-order valence-corrected chi connectivity index (χ3v) is 5.00. The van der Waals surface area contributed by atoms with Crippen LogP contribution in [0.1, 0.15) is 82.2 Å². The molecule has 3 rings (SSSR count). The van der Waals surface area contributed by atoms with Crippen molar-refractivity contribution in [2.75, 3.05) is 0 Å². The van der Waals surface area contributed by atoms with Crippen LogP contribution in [-0.4, -0.2) is 30.4 Å². The van der Waals surface area contributed by atoms with Gasteiger partial charge >= 0.3 is 5.97 Å². The highest BCUT2D eigenvalue weighted by Gasteiger charge is 2.24. The van der Waals surface area contributed by atoms with E-state index >= 15 is 0 Å². The lowest BCUT2D eigenvalue weighted by Crippen LogP contribution is -2.15. The van der Waals surface area contributed by atoms with Crippen LogP contribution in [0.15, 0.2) is 36.5 Å². The first-order chi connectivity index (χ1) is 13.5. The molecule has 3 aromatic rings. The second-order valence-corrected chi connectivity index (χ2v) is 9.05. The normalized spacial score (nSPS) is 12.2. The van der Waals surface area contributed by atoms with Crippen LogP contribution in [0, 0.1) is 0 Å². The van der Waals surface area contributed by atoms with E-state index in [4.69, 9.17) is 10.2 Å². The minimum absolute atomic E-state index is 0.0405. The van der Waals surface area contributed by atoms with Crippen molar-refractivity contribution >= 4 is 5.97 Å². The Morgan fingerprint density at radius 1 is 1.07 bits per heavy atom. The molecule has 0 aliphatic rings. The first-order valence-corrected chi connectivity index (χ1v) is 10.0. The van der Waals surface area contributed by atoms with Crippen LogP contribution in [-0.2, 0) is 5.41 Å². The number of carboxylic acids is 1. The zero-order chi connectivity index (χ0) is 21.5. The van der Waals surface area contributed by atoms with Gasteiger partial charge in [-0.25, -0.2) is 9.48 Å². The quantitative estimate of drug-likeness (QED) is 0.626. The van der Waals surface area contributed by atoms with Gasteiger partial charge in [0.05, 0.1) is 22.6 Å². The molecule has 0 saturated heterocycles. The van der Waals surface area contributed by atoms with Gasteiger partial charge in [-0.05, 0) is 50.1 Å². The standard InChI is InChI=1S/C23H30N4O2/c1-14(2)19-12-20(23(5,6)7)25-27(19)21-11-10-18(26(21)15(3)4)17-9-8-16(13-24-17)22(28)29/h8-15H,1-7H3,(H,28,29). The van der Waals surface area contributed by atoms with Crippen LogP contribution in [0.5, 0.6) is 0 Å². The van der Waals surface area contributed by atoms with Crippen LogP contribution >= 0.6 is 0 Å². The molecule has 0 amide bonds. The molecule has 0 saturated carbocycles. The van der Waals surface area contributed by atoms with E-state index in [1.54, 1.807) is 12.1 Å². The zero-order valence-corrected chi connectivity index (χ0v) is 18.3. The highest BCUT2D eigenvalue weighted by molar-refractivity contribution is 5.87. The molecular formula is C23H30N4O2. The molecule has 0 fully saturated rings. The topological polar surface area (TPSA) is 72.9 Å². The van der Waals surface area contributed by atoms with Crippen LogP contribution in [0.2, 0.25) is 0 Å². The van der Waals surface area contributed by atoms with Gasteiger partial charge in [-0.15, -0.1) is 0 Å².